The first-order chi connectivity index (χ1) is 15.2. The maximum Gasteiger partial charge on any atom is 0.373 e. The topological polar surface area (TPSA) is 71.1 Å². The highest BCUT2D eigenvalue weighted by molar-refractivity contribution is 5.93. The Morgan fingerprint density at radius 2 is 0.938 bits per heavy atom. The molecule has 0 heterocycles. The third-order valence-corrected chi connectivity index (χ3v) is 5.90. The van der Waals surface area contributed by atoms with Gasteiger partial charge in [0.2, 0.25) is 0 Å². The van der Waals surface area contributed by atoms with E-state index in [2.05, 4.69) is 0 Å². The van der Waals surface area contributed by atoms with Crippen LogP contribution in [0.25, 0.3) is 0 Å². The second-order valence-electron chi connectivity index (χ2n) is 8.84. The van der Waals surface area contributed by atoms with E-state index in [1.807, 2.05) is 65.8 Å². The highest BCUT2D eigenvalue weighted by atomic mass is 17.2. The van der Waals surface area contributed by atoms with Crippen molar-refractivity contribution >= 4 is 11.9 Å². The van der Waals surface area contributed by atoms with Crippen LogP contribution in [0.3, 0.4) is 0 Å². The fourth-order valence-corrected chi connectivity index (χ4v) is 4.58. The Morgan fingerprint density at radius 1 is 0.625 bits per heavy atom. The molecular formula is C26H32O6. The molecular weight excluding hydrogens is 408 g/mol. The van der Waals surface area contributed by atoms with Crippen LogP contribution in [0.1, 0.15) is 79.8 Å². The molecule has 1 aliphatic rings. The van der Waals surface area contributed by atoms with Gasteiger partial charge in [-0.15, -0.1) is 0 Å². The van der Waals surface area contributed by atoms with E-state index in [9.17, 15) is 9.59 Å². The fourth-order valence-electron chi connectivity index (χ4n) is 4.58. The molecule has 2 aromatic carbocycles. The molecule has 2 unspecified atom stereocenters. The molecule has 2 aromatic rings. The smallest absolute Gasteiger partial charge is 0.292 e. The summed E-state index contributed by atoms with van der Waals surface area (Å²) in [6.45, 7) is 11.5. The minimum absolute atomic E-state index is 0.501. The van der Waals surface area contributed by atoms with Crippen LogP contribution in [-0.2, 0) is 19.6 Å². The SMILES string of the molecule is Cc1cc(C)c(C(=O)OOC2CCCCC2OOC(=O)c2c(C)cc(C)cc2C)c(C)c1. The normalized spacial score (nSPS) is 18.3. The Morgan fingerprint density at radius 3 is 1.25 bits per heavy atom. The summed E-state index contributed by atoms with van der Waals surface area (Å²) in [4.78, 5) is 46.6. The number of hydrogen-bond donors (Lipinski definition) is 0. The summed E-state index contributed by atoms with van der Waals surface area (Å²) in [5.41, 5.74) is 6.52. The molecule has 2 atom stereocenters. The van der Waals surface area contributed by atoms with Crippen molar-refractivity contribution in [1.82, 2.24) is 0 Å². The van der Waals surface area contributed by atoms with Gasteiger partial charge in [0.1, 0.15) is 12.2 Å². The number of carbonyl (C=O) groups excluding carboxylic acids is 2. The Kier molecular flexibility index (Phi) is 7.69. The van der Waals surface area contributed by atoms with Gasteiger partial charge in [0.15, 0.2) is 0 Å². The van der Waals surface area contributed by atoms with Crippen molar-refractivity contribution in [3.63, 3.8) is 0 Å². The standard InChI is InChI=1S/C26H32O6/c1-15-11-17(3)23(18(4)12-15)25(27)31-29-21-9-7-8-10-22(21)30-32-26(28)24-19(5)13-16(2)14-20(24)6/h11-14,21-22H,7-10H2,1-6H3. The van der Waals surface area contributed by atoms with Crippen LogP contribution < -0.4 is 0 Å². The fraction of sp³-hybridized carbons (Fsp3) is 0.462. The molecule has 0 aliphatic heterocycles. The summed E-state index contributed by atoms with van der Waals surface area (Å²) < 4.78 is 0. The summed E-state index contributed by atoms with van der Waals surface area (Å²) in [6.07, 6.45) is 2.09. The Labute approximate surface area is 189 Å². The van der Waals surface area contributed by atoms with Crippen LogP contribution in [0.15, 0.2) is 24.3 Å². The van der Waals surface area contributed by atoms with Crippen LogP contribution >= 0.6 is 0 Å². The molecule has 1 fully saturated rings. The number of carbonyl (C=O) groups is 2. The highest BCUT2D eigenvalue weighted by Gasteiger charge is 2.32. The zero-order valence-electron chi connectivity index (χ0n) is 19.7. The van der Waals surface area contributed by atoms with Gasteiger partial charge in [-0.25, -0.2) is 9.59 Å². The monoisotopic (exact) mass is 440 g/mol. The summed E-state index contributed by atoms with van der Waals surface area (Å²) in [5.74, 6) is -1.07. The third kappa shape index (κ3) is 5.56. The summed E-state index contributed by atoms with van der Waals surface area (Å²) >= 11 is 0. The first kappa shape index (κ1) is 24.0. The quantitative estimate of drug-likeness (QED) is 0.422. The lowest BCUT2D eigenvalue weighted by Gasteiger charge is -2.28. The lowest BCUT2D eigenvalue weighted by Crippen LogP contribution is -2.36. The van der Waals surface area contributed by atoms with Gasteiger partial charge in [0.05, 0.1) is 11.1 Å². The number of benzene rings is 2. The average molecular weight is 441 g/mol. The van der Waals surface area contributed by atoms with Crippen LogP contribution in [0, 0.1) is 41.5 Å². The first-order valence-corrected chi connectivity index (χ1v) is 11.1. The molecule has 0 radical (unpaired) electrons. The van der Waals surface area contributed by atoms with Crippen molar-refractivity contribution in [3.8, 4) is 0 Å². The summed E-state index contributed by atoms with van der Waals surface area (Å²) in [6, 6.07) is 7.74. The molecule has 1 saturated carbocycles. The molecule has 0 bridgehead atoms. The highest BCUT2D eigenvalue weighted by Crippen LogP contribution is 2.26. The van der Waals surface area contributed by atoms with Crippen LogP contribution in [0.4, 0.5) is 0 Å². The molecule has 3 rings (SSSR count). The van der Waals surface area contributed by atoms with E-state index in [1.54, 1.807) is 0 Å². The average Bonchev–Trinajstić information content (AvgIpc) is 2.69. The second-order valence-corrected chi connectivity index (χ2v) is 8.84. The number of aryl methyl sites for hydroxylation is 6. The van der Waals surface area contributed by atoms with Gasteiger partial charge >= 0.3 is 11.9 Å². The molecule has 1 aliphatic carbocycles. The van der Waals surface area contributed by atoms with E-state index in [-0.39, 0.29) is 0 Å². The predicted octanol–water partition coefficient (Wildman–Crippen LogP) is 5.73. The lowest BCUT2D eigenvalue weighted by atomic mass is 9.95. The van der Waals surface area contributed by atoms with E-state index < -0.39 is 24.1 Å². The van der Waals surface area contributed by atoms with Gasteiger partial charge in [-0.1, -0.05) is 48.2 Å². The molecule has 6 heteroatoms. The molecule has 0 aromatic heterocycles. The predicted molar refractivity (Wildman–Crippen MR) is 120 cm³/mol. The van der Waals surface area contributed by atoms with Gasteiger partial charge in [0, 0.05) is 0 Å². The van der Waals surface area contributed by atoms with E-state index in [1.165, 1.54) is 0 Å². The molecule has 6 nitrogen and oxygen atoms in total. The van der Waals surface area contributed by atoms with Crippen molar-refractivity contribution in [1.29, 1.82) is 0 Å². The van der Waals surface area contributed by atoms with Gasteiger partial charge in [-0.3, -0.25) is 9.78 Å². The van der Waals surface area contributed by atoms with Crippen molar-refractivity contribution in [2.75, 3.05) is 0 Å². The molecule has 0 saturated heterocycles. The zero-order chi connectivity index (χ0) is 23.4. The van der Waals surface area contributed by atoms with Crippen molar-refractivity contribution in [2.24, 2.45) is 0 Å². The third-order valence-electron chi connectivity index (χ3n) is 5.90. The van der Waals surface area contributed by atoms with Crippen LogP contribution in [-0.4, -0.2) is 24.1 Å². The van der Waals surface area contributed by atoms with Crippen LogP contribution in [0.2, 0.25) is 0 Å². The molecule has 32 heavy (non-hydrogen) atoms. The molecule has 0 amide bonds. The van der Waals surface area contributed by atoms with Crippen LogP contribution in [0.5, 0.6) is 0 Å². The zero-order valence-corrected chi connectivity index (χ0v) is 19.7. The van der Waals surface area contributed by atoms with Gasteiger partial charge < -0.3 is 0 Å². The maximum absolute atomic E-state index is 12.6. The largest absolute Gasteiger partial charge is 0.373 e. The summed E-state index contributed by atoms with van der Waals surface area (Å²) in [7, 11) is 0. The molecule has 172 valence electrons. The van der Waals surface area contributed by atoms with Gasteiger partial charge in [-0.2, -0.15) is 9.78 Å². The van der Waals surface area contributed by atoms with E-state index >= 15 is 0 Å². The minimum Gasteiger partial charge on any atom is -0.292 e. The molecule has 0 N–H and O–H groups in total. The van der Waals surface area contributed by atoms with Crippen molar-refractivity contribution < 1.29 is 29.1 Å². The van der Waals surface area contributed by atoms with Gasteiger partial charge in [0.25, 0.3) is 0 Å². The second kappa shape index (κ2) is 10.3. The Bertz CT molecular complexity index is 882. The van der Waals surface area contributed by atoms with Crippen molar-refractivity contribution in [3.05, 3.63) is 68.8 Å². The van der Waals surface area contributed by atoms with Crippen molar-refractivity contribution in [2.45, 2.75) is 79.4 Å². The lowest BCUT2D eigenvalue weighted by molar-refractivity contribution is -0.352. The minimum atomic E-state index is -0.535. The van der Waals surface area contributed by atoms with E-state index in [0.717, 1.165) is 46.2 Å². The Hall–Kier alpha value is -2.70. The van der Waals surface area contributed by atoms with Gasteiger partial charge in [-0.05, 0) is 76.6 Å². The maximum atomic E-state index is 12.6. The van der Waals surface area contributed by atoms with E-state index in [4.69, 9.17) is 19.6 Å². The van der Waals surface area contributed by atoms with E-state index in [0.29, 0.717) is 24.0 Å². The number of rotatable bonds is 6. The summed E-state index contributed by atoms with van der Waals surface area (Å²) in [5, 5.41) is 0. The molecule has 0 spiro atoms. The Balaban J connectivity index is 1.62. The first-order valence-electron chi connectivity index (χ1n) is 11.1. The number of hydrogen-bond acceptors (Lipinski definition) is 6.